The Morgan fingerprint density at radius 2 is 2.00 bits per heavy atom. The van der Waals surface area contributed by atoms with E-state index in [1.807, 2.05) is 28.1 Å². The van der Waals surface area contributed by atoms with Crippen molar-refractivity contribution in [1.29, 1.82) is 0 Å². The summed E-state index contributed by atoms with van der Waals surface area (Å²) in [5, 5.41) is 0. The highest BCUT2D eigenvalue weighted by Crippen LogP contribution is 2.53. The first-order valence-corrected chi connectivity index (χ1v) is 6.37. The Morgan fingerprint density at radius 1 is 1.83 bits per heavy atom. The predicted octanol–water partition coefficient (Wildman–Crippen LogP) is 2.68. The molecule has 0 saturated carbocycles. The lowest BCUT2D eigenvalue weighted by atomic mass is 11.0. The second-order valence-corrected chi connectivity index (χ2v) is 9.00. The fourth-order valence-electron chi connectivity index (χ4n) is 0. The molecule has 0 aliphatic heterocycles. The third kappa shape index (κ3) is 5.01. The van der Waals surface area contributed by atoms with Gasteiger partial charge in [0.05, 0.1) is 0 Å². The van der Waals surface area contributed by atoms with Crippen LogP contribution < -0.4 is 0 Å². The van der Waals surface area contributed by atoms with Crippen LogP contribution in [0.15, 0.2) is 0 Å². The summed E-state index contributed by atoms with van der Waals surface area (Å²) in [6, 6.07) is 0. The Hall–Kier alpha value is 1.01. The Balaban J connectivity index is 3.17. The summed E-state index contributed by atoms with van der Waals surface area (Å²) < 4.78 is 12.2. The molecule has 40 valence electrons. The molecule has 6 heavy (non-hydrogen) atoms. The highest BCUT2D eigenvalue weighted by atomic mass is 127. The third-order valence-electron chi connectivity index (χ3n) is 0.507. The Kier molecular flexibility index (Phi) is 2.75. The van der Waals surface area contributed by atoms with Crippen LogP contribution in [0.5, 0.6) is 0 Å². The molecule has 3 heteroatoms. The SMILES string of the molecule is CCS(C)(F)I. The van der Waals surface area contributed by atoms with Gasteiger partial charge in [0.2, 0.25) is 0 Å². The van der Waals surface area contributed by atoms with Crippen LogP contribution in [0.25, 0.3) is 0 Å². The first kappa shape index (κ1) is 7.01. The quantitative estimate of drug-likeness (QED) is 0.598. The molecule has 0 spiro atoms. The van der Waals surface area contributed by atoms with Gasteiger partial charge in [0, 0.05) is 33.2 Å². The molecule has 0 N–H and O–H groups in total. The summed E-state index contributed by atoms with van der Waals surface area (Å²) in [4.78, 5) is 0. The van der Waals surface area contributed by atoms with Crippen LogP contribution in [0.2, 0.25) is 0 Å². The second-order valence-electron chi connectivity index (χ2n) is 1.16. The molecule has 0 radical (unpaired) electrons. The smallest absolute Gasteiger partial charge is 0.00933 e. The Labute approximate surface area is 51.7 Å². The van der Waals surface area contributed by atoms with Crippen molar-refractivity contribution < 1.29 is 3.89 Å². The molecular formula is C3H8FIS. The zero-order valence-corrected chi connectivity index (χ0v) is 6.85. The molecule has 0 amide bonds. The average Bonchev–Trinajstić information content (AvgIpc) is 1.35. The van der Waals surface area contributed by atoms with Crippen molar-refractivity contribution in [3.8, 4) is 0 Å². The number of hydrogen-bond acceptors (Lipinski definition) is 0. The third-order valence-corrected chi connectivity index (χ3v) is 3.39. The monoisotopic (exact) mass is 222 g/mol. The van der Waals surface area contributed by atoms with E-state index in [4.69, 9.17) is 0 Å². The van der Waals surface area contributed by atoms with Crippen LogP contribution >= 0.6 is 28.8 Å². The minimum absolute atomic E-state index is 0.674. The molecule has 0 aromatic carbocycles. The molecule has 0 nitrogen and oxygen atoms in total. The lowest BCUT2D eigenvalue weighted by Crippen LogP contribution is -1.77. The van der Waals surface area contributed by atoms with Gasteiger partial charge in [-0.1, -0.05) is 6.92 Å². The normalized spacial score (nSPS) is 25.3. The first-order chi connectivity index (χ1) is 2.56. The van der Waals surface area contributed by atoms with E-state index in [1.165, 1.54) is 0 Å². The van der Waals surface area contributed by atoms with Crippen molar-refractivity contribution >= 4 is 28.8 Å². The van der Waals surface area contributed by atoms with E-state index in [1.54, 1.807) is 6.26 Å². The highest BCUT2D eigenvalue weighted by molar-refractivity contribution is 14.2. The molecule has 0 aromatic heterocycles. The van der Waals surface area contributed by atoms with Crippen molar-refractivity contribution in [2.24, 2.45) is 0 Å². The highest BCUT2D eigenvalue weighted by Gasteiger charge is 2.04. The molecule has 0 aliphatic carbocycles. The molecule has 0 aliphatic rings. The van der Waals surface area contributed by atoms with Gasteiger partial charge in [-0.05, 0) is 7.59 Å². The van der Waals surface area contributed by atoms with Crippen molar-refractivity contribution in [2.75, 3.05) is 12.0 Å². The van der Waals surface area contributed by atoms with Crippen molar-refractivity contribution in [2.45, 2.75) is 6.92 Å². The van der Waals surface area contributed by atoms with Gasteiger partial charge >= 0.3 is 0 Å². The molecule has 0 fully saturated rings. The van der Waals surface area contributed by atoms with Gasteiger partial charge in [0.1, 0.15) is 0 Å². The Morgan fingerprint density at radius 3 is 2.00 bits per heavy atom. The summed E-state index contributed by atoms with van der Waals surface area (Å²) in [5.74, 6) is 0.674. The van der Waals surface area contributed by atoms with Crippen LogP contribution in [0.1, 0.15) is 6.92 Å². The lowest BCUT2D eigenvalue weighted by molar-refractivity contribution is 0.917. The molecule has 0 rings (SSSR count). The summed E-state index contributed by atoms with van der Waals surface area (Å²) in [6.45, 7) is 1.86. The van der Waals surface area contributed by atoms with E-state index >= 15 is 0 Å². The maximum Gasteiger partial charge on any atom is 0.00933 e. The van der Waals surface area contributed by atoms with E-state index in [2.05, 4.69) is 0 Å². The van der Waals surface area contributed by atoms with E-state index in [0.717, 1.165) is 0 Å². The fraction of sp³-hybridized carbons (Fsp3) is 1.00. The summed E-state index contributed by atoms with van der Waals surface area (Å²) in [5.41, 5.74) is 0. The molecule has 0 aromatic rings. The van der Waals surface area contributed by atoms with Crippen molar-refractivity contribution in [3.05, 3.63) is 0 Å². The molecule has 1 atom stereocenters. The Bertz CT molecular complexity index is 40.5. The van der Waals surface area contributed by atoms with E-state index in [0.29, 0.717) is 5.75 Å². The topological polar surface area (TPSA) is 0 Å². The number of rotatable bonds is 1. The van der Waals surface area contributed by atoms with E-state index < -0.39 is 7.59 Å². The molecule has 0 heterocycles. The lowest BCUT2D eigenvalue weighted by Gasteiger charge is -2.11. The zero-order valence-electron chi connectivity index (χ0n) is 3.87. The van der Waals surface area contributed by atoms with Crippen LogP contribution in [0, 0.1) is 0 Å². The fourth-order valence-corrected chi connectivity index (χ4v) is 0. The largest absolute Gasteiger partial charge is 0.180 e. The van der Waals surface area contributed by atoms with Gasteiger partial charge < -0.3 is 0 Å². The summed E-state index contributed by atoms with van der Waals surface area (Å²) in [6.07, 6.45) is 1.65. The molecule has 0 bridgehead atoms. The van der Waals surface area contributed by atoms with Crippen molar-refractivity contribution in [1.82, 2.24) is 0 Å². The van der Waals surface area contributed by atoms with E-state index in [9.17, 15) is 3.89 Å². The average molecular weight is 222 g/mol. The zero-order chi connectivity index (χ0) is 5.21. The number of hydrogen-bond donors (Lipinski definition) is 0. The van der Waals surface area contributed by atoms with Gasteiger partial charge in [0.25, 0.3) is 0 Å². The molecule has 1 unspecified atom stereocenters. The molecule has 0 saturated heterocycles. The minimum Gasteiger partial charge on any atom is -0.180 e. The molecular weight excluding hydrogens is 214 g/mol. The number of halogens is 2. The van der Waals surface area contributed by atoms with Crippen molar-refractivity contribution in [3.63, 3.8) is 0 Å². The van der Waals surface area contributed by atoms with Gasteiger partial charge in [0.15, 0.2) is 0 Å². The maximum absolute atomic E-state index is 12.2. The van der Waals surface area contributed by atoms with E-state index in [-0.39, 0.29) is 0 Å². The van der Waals surface area contributed by atoms with Gasteiger partial charge in [-0.15, -0.1) is 0 Å². The standard InChI is InChI=1S/C3H8FIS/c1-3-6(2,4)5/h3H2,1-2H3. The van der Waals surface area contributed by atoms with Crippen LogP contribution in [0.4, 0.5) is 3.89 Å². The summed E-state index contributed by atoms with van der Waals surface area (Å²) in [7, 11) is -1.69. The van der Waals surface area contributed by atoms with Crippen LogP contribution in [-0.2, 0) is 0 Å². The second kappa shape index (κ2) is 2.35. The van der Waals surface area contributed by atoms with Gasteiger partial charge in [-0.3, -0.25) is 0 Å². The summed E-state index contributed by atoms with van der Waals surface area (Å²) >= 11 is 1.86. The minimum atomic E-state index is -1.69. The van der Waals surface area contributed by atoms with Crippen LogP contribution in [0.3, 0.4) is 0 Å². The van der Waals surface area contributed by atoms with Gasteiger partial charge in [-0.2, -0.15) is 3.89 Å². The maximum atomic E-state index is 12.2. The van der Waals surface area contributed by atoms with Gasteiger partial charge in [-0.25, -0.2) is 0 Å². The predicted molar refractivity (Wildman–Crippen MR) is 39.2 cm³/mol. The van der Waals surface area contributed by atoms with Crippen LogP contribution in [-0.4, -0.2) is 12.0 Å². The first-order valence-electron chi connectivity index (χ1n) is 1.71.